The van der Waals surface area contributed by atoms with Crippen molar-refractivity contribution in [3.63, 3.8) is 0 Å². The van der Waals surface area contributed by atoms with Crippen LogP contribution in [0.3, 0.4) is 0 Å². The van der Waals surface area contributed by atoms with Gasteiger partial charge >= 0.3 is 0 Å². The number of hydrogen-bond acceptors (Lipinski definition) is 5. The molecule has 2 aromatic carbocycles. The van der Waals surface area contributed by atoms with Crippen LogP contribution in [0.4, 0.5) is 10.1 Å². The summed E-state index contributed by atoms with van der Waals surface area (Å²) in [5.41, 5.74) is 10.7. The first-order chi connectivity index (χ1) is 18.8. The van der Waals surface area contributed by atoms with E-state index in [-0.39, 0.29) is 17.5 Å². The van der Waals surface area contributed by atoms with Crippen molar-refractivity contribution in [2.75, 3.05) is 32.1 Å². The number of amides is 1. The van der Waals surface area contributed by atoms with Gasteiger partial charge in [-0.3, -0.25) is 4.79 Å². The highest BCUT2D eigenvalue weighted by Crippen LogP contribution is 2.29. The third kappa shape index (κ3) is 7.46. The lowest BCUT2D eigenvalue weighted by atomic mass is 10.0. The Kier molecular flexibility index (Phi) is 10.7. The summed E-state index contributed by atoms with van der Waals surface area (Å²) in [6.45, 7) is 5.08. The number of anilines is 1. The number of piperidine rings is 1. The van der Waals surface area contributed by atoms with E-state index in [0.29, 0.717) is 29.9 Å². The quantitative estimate of drug-likeness (QED) is 0.328. The van der Waals surface area contributed by atoms with Crippen molar-refractivity contribution in [2.24, 2.45) is 5.73 Å². The Bertz CT molecular complexity index is 1320. The van der Waals surface area contributed by atoms with Gasteiger partial charge in [-0.05, 0) is 67.7 Å². The highest BCUT2D eigenvalue weighted by atomic mass is 19.1. The molecule has 1 heterocycles. The lowest BCUT2D eigenvalue weighted by Gasteiger charge is -2.31. The number of nitriles is 1. The summed E-state index contributed by atoms with van der Waals surface area (Å²) < 4.78 is 14.7. The standard InChI is InChI=1S/C32H38FN5O/c1-5-7-9-27(21-36-3)24-13-15-29(16-14-24)37(4)31(25-11-12-26(20-34)30(33)18-25)19-23(6-2)32(39)38-17-8-10-28(35)22-38/h6-7,9,11-16,18-19,21,28,36H,5,8,10,17,22,35H2,1-4H3/b9-7+,23-6+,27-21+,31-19-. The van der Waals surface area contributed by atoms with Gasteiger partial charge in [-0.1, -0.05) is 43.4 Å². The molecule has 6 nitrogen and oxygen atoms in total. The Morgan fingerprint density at radius 1 is 1.26 bits per heavy atom. The van der Waals surface area contributed by atoms with Gasteiger partial charge in [-0.25, -0.2) is 4.39 Å². The fourth-order valence-electron chi connectivity index (χ4n) is 4.58. The molecule has 1 unspecified atom stereocenters. The van der Waals surface area contributed by atoms with E-state index in [1.54, 1.807) is 23.1 Å². The number of allylic oxidation sites excluding steroid dienone is 4. The van der Waals surface area contributed by atoms with Crippen LogP contribution in [0, 0.1) is 17.1 Å². The molecule has 1 amide bonds. The maximum atomic E-state index is 14.7. The monoisotopic (exact) mass is 527 g/mol. The Hall–Kier alpha value is -4.15. The first-order valence-electron chi connectivity index (χ1n) is 13.3. The normalized spacial score (nSPS) is 16.8. The predicted molar refractivity (Wildman–Crippen MR) is 158 cm³/mol. The van der Waals surface area contributed by atoms with Crippen molar-refractivity contribution < 1.29 is 9.18 Å². The van der Waals surface area contributed by atoms with Crippen LogP contribution in [0.2, 0.25) is 0 Å². The minimum atomic E-state index is -0.607. The Morgan fingerprint density at radius 3 is 2.56 bits per heavy atom. The maximum absolute atomic E-state index is 14.7. The lowest BCUT2D eigenvalue weighted by Crippen LogP contribution is -2.46. The lowest BCUT2D eigenvalue weighted by molar-refractivity contribution is -0.127. The van der Waals surface area contributed by atoms with Gasteiger partial charge in [-0.2, -0.15) is 5.26 Å². The number of nitrogens with two attached hydrogens (primary N) is 1. The number of carbonyl (C=O) groups excluding carboxylic acids is 1. The van der Waals surface area contributed by atoms with Gasteiger partial charge < -0.3 is 20.9 Å². The second-order valence-corrected chi connectivity index (χ2v) is 9.54. The number of nitrogens with zero attached hydrogens (tertiary/aromatic N) is 3. The van der Waals surface area contributed by atoms with Crippen LogP contribution >= 0.6 is 0 Å². The van der Waals surface area contributed by atoms with Crippen molar-refractivity contribution in [3.8, 4) is 6.07 Å². The van der Waals surface area contributed by atoms with E-state index in [4.69, 9.17) is 5.73 Å². The van der Waals surface area contributed by atoms with Crippen LogP contribution in [-0.4, -0.2) is 44.0 Å². The molecule has 7 heteroatoms. The molecule has 0 aliphatic carbocycles. The van der Waals surface area contributed by atoms with Crippen molar-refractivity contribution >= 4 is 22.9 Å². The fourth-order valence-corrected chi connectivity index (χ4v) is 4.58. The molecule has 1 saturated heterocycles. The van der Waals surface area contributed by atoms with Crippen LogP contribution in [0.25, 0.3) is 11.3 Å². The first-order valence-corrected chi connectivity index (χ1v) is 13.3. The van der Waals surface area contributed by atoms with Crippen LogP contribution in [0.5, 0.6) is 0 Å². The van der Waals surface area contributed by atoms with Crippen LogP contribution in [0.15, 0.2) is 78.5 Å². The number of rotatable bonds is 9. The van der Waals surface area contributed by atoms with E-state index in [2.05, 4.69) is 24.4 Å². The van der Waals surface area contributed by atoms with Crippen molar-refractivity contribution in [3.05, 3.63) is 101 Å². The average molecular weight is 528 g/mol. The van der Waals surface area contributed by atoms with Crippen molar-refractivity contribution in [2.45, 2.75) is 39.2 Å². The van der Waals surface area contributed by atoms with E-state index in [9.17, 15) is 14.4 Å². The number of carbonyl (C=O) groups is 1. The van der Waals surface area contributed by atoms with Gasteiger partial charge in [0.1, 0.15) is 11.9 Å². The van der Waals surface area contributed by atoms with E-state index in [0.717, 1.165) is 36.1 Å². The molecule has 2 aromatic rings. The zero-order valence-corrected chi connectivity index (χ0v) is 23.2. The van der Waals surface area contributed by atoms with Crippen molar-refractivity contribution in [1.29, 1.82) is 5.26 Å². The molecule has 1 atom stereocenters. The maximum Gasteiger partial charge on any atom is 0.253 e. The smallest absolute Gasteiger partial charge is 0.253 e. The van der Waals surface area contributed by atoms with Crippen LogP contribution < -0.4 is 16.0 Å². The largest absolute Gasteiger partial charge is 0.393 e. The van der Waals surface area contributed by atoms with E-state index in [1.165, 1.54) is 12.1 Å². The van der Waals surface area contributed by atoms with Gasteiger partial charge in [-0.15, -0.1) is 0 Å². The summed E-state index contributed by atoms with van der Waals surface area (Å²) >= 11 is 0. The molecule has 1 fully saturated rings. The van der Waals surface area contributed by atoms with E-state index < -0.39 is 5.82 Å². The molecule has 0 aromatic heterocycles. The molecule has 204 valence electrons. The molecule has 0 saturated carbocycles. The SMILES string of the molecule is C/C=C(\C=C(\c1ccc(C#N)c(F)c1)N(C)c1ccc(C(/C=C/CC)=C/NC)cc1)C(=O)N1CCCC(N)C1. The zero-order valence-electron chi connectivity index (χ0n) is 23.2. The van der Waals surface area contributed by atoms with Gasteiger partial charge in [0.25, 0.3) is 5.91 Å². The highest BCUT2D eigenvalue weighted by Gasteiger charge is 2.24. The van der Waals surface area contributed by atoms with Crippen LogP contribution in [0.1, 0.15) is 49.8 Å². The molecule has 3 rings (SSSR count). The van der Waals surface area contributed by atoms with E-state index in [1.807, 2.05) is 62.5 Å². The third-order valence-electron chi connectivity index (χ3n) is 6.76. The van der Waals surface area contributed by atoms with Gasteiger partial charge in [0.05, 0.1) is 5.56 Å². The number of hydrogen-bond donors (Lipinski definition) is 2. The summed E-state index contributed by atoms with van der Waals surface area (Å²) in [4.78, 5) is 17.1. The van der Waals surface area contributed by atoms with E-state index >= 15 is 0 Å². The third-order valence-corrected chi connectivity index (χ3v) is 6.76. The molecule has 0 spiro atoms. The van der Waals surface area contributed by atoms with Gasteiger partial charge in [0.15, 0.2) is 0 Å². The second kappa shape index (κ2) is 14.1. The Morgan fingerprint density at radius 2 is 1.97 bits per heavy atom. The minimum absolute atomic E-state index is 0.0290. The molecule has 0 bridgehead atoms. The highest BCUT2D eigenvalue weighted by molar-refractivity contribution is 5.99. The molecule has 0 radical (unpaired) electrons. The second-order valence-electron chi connectivity index (χ2n) is 9.54. The molecule has 39 heavy (non-hydrogen) atoms. The van der Waals surface area contributed by atoms with Crippen LogP contribution in [-0.2, 0) is 4.79 Å². The number of likely N-dealkylation sites (tertiary alicyclic amines) is 1. The topological polar surface area (TPSA) is 85.4 Å². The minimum Gasteiger partial charge on any atom is -0.393 e. The van der Waals surface area contributed by atoms with Gasteiger partial charge in [0.2, 0.25) is 0 Å². The Labute approximate surface area is 231 Å². The zero-order chi connectivity index (χ0) is 28.4. The summed E-state index contributed by atoms with van der Waals surface area (Å²) in [6.07, 6.45) is 12.4. The molecular formula is C32H38FN5O. The number of halogens is 1. The molecule has 1 aliphatic heterocycles. The number of benzene rings is 2. The molecule has 1 aliphatic rings. The summed E-state index contributed by atoms with van der Waals surface area (Å²) in [5, 5.41) is 12.3. The predicted octanol–water partition coefficient (Wildman–Crippen LogP) is 5.60. The first kappa shape index (κ1) is 29.4. The molecular weight excluding hydrogens is 489 g/mol. The average Bonchev–Trinajstić information content (AvgIpc) is 2.95. The number of nitrogens with one attached hydrogen (secondary N) is 1. The summed E-state index contributed by atoms with van der Waals surface area (Å²) in [5.74, 6) is -0.711. The summed E-state index contributed by atoms with van der Waals surface area (Å²) in [7, 11) is 3.75. The summed E-state index contributed by atoms with van der Waals surface area (Å²) in [6, 6.07) is 14.4. The fraction of sp³-hybridized carbons (Fsp3) is 0.312. The Balaban J connectivity index is 2.04. The van der Waals surface area contributed by atoms with Crippen molar-refractivity contribution in [1.82, 2.24) is 10.2 Å². The molecule has 3 N–H and O–H groups in total. The van der Waals surface area contributed by atoms with Gasteiger partial charge in [0, 0.05) is 61.9 Å².